The third-order valence-corrected chi connectivity index (χ3v) is 5.62. The molecule has 0 saturated carbocycles. The lowest BCUT2D eigenvalue weighted by Crippen LogP contribution is -2.16. The number of carbonyl (C=O) groups excluding carboxylic acids is 1. The van der Waals surface area contributed by atoms with Crippen molar-refractivity contribution >= 4 is 28.1 Å². The molecule has 2 aromatic carbocycles. The molecule has 0 spiro atoms. The molecule has 0 fully saturated rings. The van der Waals surface area contributed by atoms with Crippen molar-refractivity contribution < 1.29 is 19.1 Å². The molecular formula is C25H22BrN3O4. The number of halogens is 1. The smallest absolute Gasteiger partial charge is 0.307 e. The Morgan fingerprint density at radius 3 is 2.52 bits per heavy atom. The van der Waals surface area contributed by atoms with Crippen molar-refractivity contribution in [2.24, 2.45) is 5.10 Å². The fourth-order valence-electron chi connectivity index (χ4n) is 3.32. The van der Waals surface area contributed by atoms with Crippen LogP contribution in [0, 0.1) is 13.8 Å². The number of phenols is 1. The maximum Gasteiger partial charge on any atom is 0.307 e. The van der Waals surface area contributed by atoms with Crippen molar-refractivity contribution in [3.05, 3.63) is 99.7 Å². The van der Waals surface area contributed by atoms with Gasteiger partial charge in [0.25, 0.3) is 0 Å². The molecule has 8 heteroatoms. The molecule has 0 unspecified atom stereocenters. The first-order chi connectivity index (χ1) is 15.9. The van der Waals surface area contributed by atoms with Gasteiger partial charge in [-0.1, -0.05) is 0 Å². The van der Waals surface area contributed by atoms with Crippen molar-refractivity contribution in [3.63, 3.8) is 0 Å². The molecule has 7 nitrogen and oxygen atoms in total. The van der Waals surface area contributed by atoms with E-state index in [4.69, 9.17) is 9.15 Å². The van der Waals surface area contributed by atoms with Crippen LogP contribution in [0.1, 0.15) is 33.3 Å². The Hall–Kier alpha value is -3.78. The third-order valence-electron chi connectivity index (χ3n) is 4.98. The fourth-order valence-corrected chi connectivity index (χ4v) is 3.72. The number of aryl methyl sites for hydroxylation is 2. The first-order valence-corrected chi connectivity index (χ1v) is 11.0. The lowest BCUT2D eigenvalue weighted by molar-refractivity contribution is 0.0923. The minimum atomic E-state index is -0.475. The standard InChI is InChI=1S/C25H22BrN3O4/c1-16-3-4-17(2)29(16)19-6-8-20(9-7-19)32-15-21-10-12-24(33-21)25(31)28-27-14-18-5-11-23(30)22(26)13-18/h3-14,30H,15H2,1-2H3,(H,28,31)/b27-14+. The molecule has 0 radical (unpaired) electrons. The topological polar surface area (TPSA) is 89.0 Å². The Morgan fingerprint density at radius 2 is 1.82 bits per heavy atom. The average Bonchev–Trinajstić information content (AvgIpc) is 3.41. The largest absolute Gasteiger partial charge is 0.507 e. The molecule has 0 aliphatic rings. The summed E-state index contributed by atoms with van der Waals surface area (Å²) in [6, 6.07) is 20.1. The van der Waals surface area contributed by atoms with E-state index < -0.39 is 5.91 Å². The van der Waals surface area contributed by atoms with Crippen LogP contribution in [0.15, 0.2) is 80.7 Å². The van der Waals surface area contributed by atoms with Crippen LogP contribution >= 0.6 is 15.9 Å². The van der Waals surface area contributed by atoms with Crippen LogP contribution < -0.4 is 10.2 Å². The highest BCUT2D eigenvalue weighted by molar-refractivity contribution is 9.10. The zero-order valence-electron chi connectivity index (χ0n) is 18.1. The van der Waals surface area contributed by atoms with E-state index in [0.29, 0.717) is 21.5 Å². The van der Waals surface area contributed by atoms with Gasteiger partial charge in [-0.2, -0.15) is 5.10 Å². The minimum absolute atomic E-state index is 0.128. The number of carbonyl (C=O) groups is 1. The number of aromatic hydroxyl groups is 1. The molecule has 2 heterocycles. The second-order valence-corrected chi connectivity index (χ2v) is 8.26. The number of phenolic OH excluding ortho intramolecular Hbond substituents is 1. The van der Waals surface area contributed by atoms with Crippen LogP contribution in [0.4, 0.5) is 0 Å². The van der Waals surface area contributed by atoms with Crippen molar-refractivity contribution in [3.8, 4) is 17.2 Å². The SMILES string of the molecule is Cc1ccc(C)n1-c1ccc(OCc2ccc(C(=O)N/N=C/c3ccc(O)c(Br)c3)o2)cc1. The first kappa shape index (κ1) is 22.4. The van der Waals surface area contributed by atoms with E-state index in [9.17, 15) is 9.90 Å². The van der Waals surface area contributed by atoms with E-state index in [1.165, 1.54) is 23.7 Å². The van der Waals surface area contributed by atoms with Gasteiger partial charge in [-0.05, 0) is 102 Å². The van der Waals surface area contributed by atoms with E-state index in [0.717, 1.165) is 5.69 Å². The first-order valence-electron chi connectivity index (χ1n) is 10.2. The van der Waals surface area contributed by atoms with Crippen molar-refractivity contribution in [2.45, 2.75) is 20.5 Å². The molecule has 0 saturated heterocycles. The Morgan fingerprint density at radius 1 is 1.09 bits per heavy atom. The molecule has 1 amide bonds. The molecule has 0 bridgehead atoms. The van der Waals surface area contributed by atoms with E-state index in [1.54, 1.807) is 24.3 Å². The lowest BCUT2D eigenvalue weighted by Gasteiger charge is -2.10. The fraction of sp³-hybridized carbons (Fsp3) is 0.120. The van der Waals surface area contributed by atoms with Crippen molar-refractivity contribution in [2.75, 3.05) is 0 Å². The molecular weight excluding hydrogens is 486 g/mol. The van der Waals surface area contributed by atoms with E-state index in [-0.39, 0.29) is 18.1 Å². The Kier molecular flexibility index (Phi) is 6.65. The summed E-state index contributed by atoms with van der Waals surface area (Å²) in [7, 11) is 0. The predicted octanol–water partition coefficient (Wildman–Crippen LogP) is 5.50. The number of furan rings is 1. The molecule has 4 aromatic rings. The summed E-state index contributed by atoms with van der Waals surface area (Å²) in [5, 5.41) is 13.4. The van der Waals surface area contributed by atoms with Gasteiger partial charge in [-0.3, -0.25) is 4.79 Å². The second-order valence-electron chi connectivity index (χ2n) is 7.41. The molecule has 0 aliphatic heterocycles. The Labute approximate surface area is 199 Å². The Bertz CT molecular complexity index is 1290. The van der Waals surface area contributed by atoms with Gasteiger partial charge in [-0.15, -0.1) is 0 Å². The van der Waals surface area contributed by atoms with Crippen LogP contribution in [0.25, 0.3) is 5.69 Å². The number of nitrogens with one attached hydrogen (secondary N) is 1. The van der Waals surface area contributed by atoms with Gasteiger partial charge >= 0.3 is 5.91 Å². The van der Waals surface area contributed by atoms with Crippen LogP contribution in [0.5, 0.6) is 11.5 Å². The quantitative estimate of drug-likeness (QED) is 0.255. The minimum Gasteiger partial charge on any atom is -0.507 e. The van der Waals surface area contributed by atoms with Gasteiger partial charge in [0, 0.05) is 17.1 Å². The van der Waals surface area contributed by atoms with Gasteiger partial charge in [-0.25, -0.2) is 5.43 Å². The number of ether oxygens (including phenoxy) is 1. The van der Waals surface area contributed by atoms with Crippen LogP contribution in [-0.4, -0.2) is 21.8 Å². The number of aromatic nitrogens is 1. The maximum atomic E-state index is 12.2. The molecule has 33 heavy (non-hydrogen) atoms. The number of benzene rings is 2. The van der Waals surface area contributed by atoms with Gasteiger partial charge in [0.1, 0.15) is 23.9 Å². The van der Waals surface area contributed by atoms with Gasteiger partial charge in [0.15, 0.2) is 5.76 Å². The molecule has 2 N–H and O–H groups in total. The zero-order valence-corrected chi connectivity index (χ0v) is 19.7. The van der Waals surface area contributed by atoms with E-state index in [2.05, 4.69) is 57.0 Å². The average molecular weight is 508 g/mol. The summed E-state index contributed by atoms with van der Waals surface area (Å²) in [6.45, 7) is 4.33. The summed E-state index contributed by atoms with van der Waals surface area (Å²) < 4.78 is 14.1. The summed E-state index contributed by atoms with van der Waals surface area (Å²) in [5.41, 5.74) is 6.53. The highest BCUT2D eigenvalue weighted by Gasteiger charge is 2.11. The Balaban J connectivity index is 1.31. The predicted molar refractivity (Wildman–Crippen MR) is 129 cm³/mol. The summed E-state index contributed by atoms with van der Waals surface area (Å²) in [6.07, 6.45) is 1.47. The molecule has 0 aliphatic carbocycles. The van der Waals surface area contributed by atoms with Crippen LogP contribution in [-0.2, 0) is 6.61 Å². The molecule has 0 atom stereocenters. The molecule has 168 valence electrons. The second kappa shape index (κ2) is 9.79. The summed E-state index contributed by atoms with van der Waals surface area (Å²) >= 11 is 3.23. The van der Waals surface area contributed by atoms with E-state index in [1.807, 2.05) is 24.3 Å². The number of hydrogen-bond acceptors (Lipinski definition) is 5. The van der Waals surface area contributed by atoms with Gasteiger partial charge in [0.05, 0.1) is 10.7 Å². The lowest BCUT2D eigenvalue weighted by atomic mass is 10.2. The summed E-state index contributed by atoms with van der Waals surface area (Å²) in [5.74, 6) is 1.01. The van der Waals surface area contributed by atoms with E-state index >= 15 is 0 Å². The molecule has 2 aromatic heterocycles. The number of nitrogens with zero attached hydrogens (tertiary/aromatic N) is 2. The van der Waals surface area contributed by atoms with Crippen LogP contribution in [0.3, 0.4) is 0 Å². The third kappa shape index (κ3) is 5.35. The summed E-state index contributed by atoms with van der Waals surface area (Å²) in [4.78, 5) is 12.2. The normalized spacial score (nSPS) is 11.1. The highest BCUT2D eigenvalue weighted by Crippen LogP contribution is 2.23. The zero-order chi connectivity index (χ0) is 23.4. The monoisotopic (exact) mass is 507 g/mol. The van der Waals surface area contributed by atoms with Crippen LogP contribution in [0.2, 0.25) is 0 Å². The maximum absolute atomic E-state index is 12.2. The number of rotatable bonds is 7. The van der Waals surface area contributed by atoms with Gasteiger partial charge in [0.2, 0.25) is 0 Å². The van der Waals surface area contributed by atoms with Gasteiger partial charge < -0.3 is 18.8 Å². The van der Waals surface area contributed by atoms with Crippen molar-refractivity contribution in [1.82, 2.24) is 9.99 Å². The number of amides is 1. The number of hydrazone groups is 1. The number of hydrogen-bond donors (Lipinski definition) is 2. The molecule has 4 rings (SSSR count). The van der Waals surface area contributed by atoms with Crippen molar-refractivity contribution in [1.29, 1.82) is 0 Å². The highest BCUT2D eigenvalue weighted by atomic mass is 79.9.